The van der Waals surface area contributed by atoms with E-state index >= 15 is 0 Å². The van der Waals surface area contributed by atoms with E-state index in [2.05, 4.69) is 22.9 Å². The lowest BCUT2D eigenvalue weighted by atomic mass is 10.0. The number of hydrogen-bond donors (Lipinski definition) is 0. The van der Waals surface area contributed by atoms with Crippen LogP contribution in [-0.2, 0) is 19.4 Å². The average Bonchev–Trinajstić information content (AvgIpc) is 3.45. The molecular weight excluding hydrogens is 432 g/mol. The van der Waals surface area contributed by atoms with Crippen molar-refractivity contribution in [1.82, 2.24) is 4.57 Å². The summed E-state index contributed by atoms with van der Waals surface area (Å²) in [5.74, 6) is 1.88. The van der Waals surface area contributed by atoms with Crippen molar-refractivity contribution in [1.29, 1.82) is 0 Å². The predicted molar refractivity (Wildman–Crippen MR) is 104 cm³/mol. The first-order chi connectivity index (χ1) is 13.7. The maximum atomic E-state index is 12.6. The molecule has 3 aromatic rings. The SMILES string of the molecule is COc1ccc(C(=O)C[n+]2ccn(C3CCc4cc5c(cc43)OCC5)c2)cc1.[Br-]. The lowest BCUT2D eigenvalue weighted by Crippen LogP contribution is -3.00. The van der Waals surface area contributed by atoms with E-state index in [1.165, 1.54) is 16.7 Å². The fourth-order valence-electron chi connectivity index (χ4n) is 4.30. The summed E-state index contributed by atoms with van der Waals surface area (Å²) in [4.78, 5) is 12.6. The van der Waals surface area contributed by atoms with E-state index in [0.29, 0.717) is 18.2 Å². The molecule has 0 radical (unpaired) electrons. The van der Waals surface area contributed by atoms with Crippen molar-refractivity contribution in [2.75, 3.05) is 13.7 Å². The molecule has 2 heterocycles. The number of aromatic nitrogens is 2. The number of nitrogens with zero attached hydrogens (tertiary/aromatic N) is 2. The molecule has 0 saturated heterocycles. The summed E-state index contributed by atoms with van der Waals surface area (Å²) in [6, 6.07) is 12.1. The van der Waals surface area contributed by atoms with Crippen LogP contribution in [0.3, 0.4) is 0 Å². The highest BCUT2D eigenvalue weighted by Crippen LogP contribution is 2.39. The number of Topliss-reactive ketones (excluding diaryl/α,β-unsaturated/α-hetero) is 1. The Morgan fingerprint density at radius 2 is 2.03 bits per heavy atom. The number of rotatable bonds is 5. The Hall–Kier alpha value is -2.60. The van der Waals surface area contributed by atoms with Gasteiger partial charge >= 0.3 is 0 Å². The molecule has 2 aromatic carbocycles. The van der Waals surface area contributed by atoms with Crippen molar-refractivity contribution in [3.63, 3.8) is 0 Å². The van der Waals surface area contributed by atoms with Gasteiger partial charge in [-0.05, 0) is 54.3 Å². The minimum Gasteiger partial charge on any atom is -1.00 e. The van der Waals surface area contributed by atoms with E-state index in [9.17, 15) is 4.79 Å². The number of imidazole rings is 1. The largest absolute Gasteiger partial charge is 1.00 e. The quantitative estimate of drug-likeness (QED) is 0.407. The van der Waals surface area contributed by atoms with Crippen LogP contribution in [0, 0.1) is 0 Å². The standard InChI is InChI=1S/C23H23N2O3.BrH/c1-27-19-5-2-16(3-6-19)22(26)14-24-9-10-25(15-24)21-7-4-17-12-18-8-11-28-23(18)13-20(17)21;/h2-3,5-6,9-10,12-13,15,21H,4,7-8,11,14H2,1H3;1H/q+1;/p-1. The van der Waals surface area contributed by atoms with E-state index in [4.69, 9.17) is 9.47 Å². The van der Waals surface area contributed by atoms with Gasteiger partial charge in [-0.2, -0.15) is 0 Å². The number of ether oxygens (including phenoxy) is 2. The number of ketones is 1. The van der Waals surface area contributed by atoms with Gasteiger partial charge in [0, 0.05) is 17.5 Å². The van der Waals surface area contributed by atoms with Gasteiger partial charge in [0.25, 0.3) is 0 Å². The Kier molecular flexibility index (Phi) is 5.46. The van der Waals surface area contributed by atoms with Crippen LogP contribution in [0.4, 0.5) is 0 Å². The molecule has 0 N–H and O–H groups in total. The third kappa shape index (κ3) is 3.69. The number of carbonyl (C=O) groups excluding carboxylic acids is 1. The highest BCUT2D eigenvalue weighted by atomic mass is 79.9. The van der Waals surface area contributed by atoms with Crippen LogP contribution in [0.2, 0.25) is 0 Å². The number of fused-ring (bicyclic) bond motifs is 2. The smallest absolute Gasteiger partial charge is 0.244 e. The average molecular weight is 455 g/mol. The summed E-state index contributed by atoms with van der Waals surface area (Å²) >= 11 is 0. The maximum Gasteiger partial charge on any atom is 0.244 e. The van der Waals surface area contributed by atoms with Crippen LogP contribution in [0.1, 0.15) is 39.5 Å². The molecule has 5 rings (SSSR count). The van der Waals surface area contributed by atoms with Gasteiger partial charge in [0.15, 0.2) is 6.54 Å². The fourth-order valence-corrected chi connectivity index (χ4v) is 4.30. The number of hydrogen-bond acceptors (Lipinski definition) is 3. The van der Waals surface area contributed by atoms with Gasteiger partial charge in [-0.1, -0.05) is 6.07 Å². The van der Waals surface area contributed by atoms with Crippen molar-refractivity contribution >= 4 is 5.78 Å². The van der Waals surface area contributed by atoms with E-state index < -0.39 is 0 Å². The zero-order valence-electron chi connectivity index (χ0n) is 16.3. The number of aryl methyl sites for hydroxylation is 1. The Morgan fingerprint density at radius 3 is 2.83 bits per heavy atom. The summed E-state index contributed by atoms with van der Waals surface area (Å²) in [6.07, 6.45) is 9.27. The topological polar surface area (TPSA) is 44.3 Å². The van der Waals surface area contributed by atoms with Crippen LogP contribution in [0.5, 0.6) is 11.5 Å². The summed E-state index contributed by atoms with van der Waals surface area (Å²) < 4.78 is 15.1. The first-order valence-electron chi connectivity index (χ1n) is 9.73. The molecule has 1 aromatic heterocycles. The number of carbonyl (C=O) groups is 1. The molecule has 1 unspecified atom stereocenters. The third-order valence-electron chi connectivity index (χ3n) is 5.81. The van der Waals surface area contributed by atoms with Crippen molar-refractivity contribution < 1.29 is 35.8 Å². The van der Waals surface area contributed by atoms with E-state index in [-0.39, 0.29) is 22.8 Å². The van der Waals surface area contributed by atoms with Gasteiger partial charge in [-0.15, -0.1) is 0 Å². The summed E-state index contributed by atoms with van der Waals surface area (Å²) in [5.41, 5.74) is 4.82. The Labute approximate surface area is 180 Å². The minimum atomic E-state index is 0. The monoisotopic (exact) mass is 454 g/mol. The van der Waals surface area contributed by atoms with E-state index in [1.807, 2.05) is 41.4 Å². The van der Waals surface area contributed by atoms with Crippen LogP contribution >= 0.6 is 0 Å². The molecule has 0 spiro atoms. The first kappa shape index (κ1) is 19.7. The lowest BCUT2D eigenvalue weighted by Gasteiger charge is -2.09. The van der Waals surface area contributed by atoms with Crippen molar-refractivity contribution in [2.45, 2.75) is 31.8 Å². The molecule has 0 bridgehead atoms. The maximum absolute atomic E-state index is 12.6. The van der Waals surface area contributed by atoms with Gasteiger partial charge in [0.1, 0.15) is 29.9 Å². The Bertz CT molecular complexity index is 1040. The zero-order chi connectivity index (χ0) is 19.1. The van der Waals surface area contributed by atoms with Gasteiger partial charge in [0.05, 0.1) is 13.7 Å². The van der Waals surface area contributed by atoms with Gasteiger partial charge in [-0.25, -0.2) is 9.13 Å². The molecular formula is C23H23BrN2O3. The molecule has 6 heteroatoms. The van der Waals surface area contributed by atoms with Gasteiger partial charge in [-0.3, -0.25) is 4.79 Å². The second kappa shape index (κ2) is 8.03. The summed E-state index contributed by atoms with van der Waals surface area (Å²) in [6.45, 7) is 1.12. The molecule has 29 heavy (non-hydrogen) atoms. The van der Waals surface area contributed by atoms with Gasteiger partial charge < -0.3 is 26.5 Å². The number of benzene rings is 2. The summed E-state index contributed by atoms with van der Waals surface area (Å²) in [5, 5.41) is 0. The highest BCUT2D eigenvalue weighted by Gasteiger charge is 2.30. The number of halogens is 1. The van der Waals surface area contributed by atoms with Crippen LogP contribution in [0.25, 0.3) is 0 Å². The first-order valence-corrected chi connectivity index (χ1v) is 9.73. The minimum absolute atomic E-state index is 0. The second-order valence-corrected chi connectivity index (χ2v) is 7.50. The molecule has 0 fully saturated rings. The van der Waals surface area contributed by atoms with Gasteiger partial charge in [0.2, 0.25) is 12.1 Å². The fraction of sp³-hybridized carbons (Fsp3) is 0.304. The van der Waals surface area contributed by atoms with Crippen molar-refractivity contribution in [2.24, 2.45) is 0 Å². The molecule has 0 saturated carbocycles. The lowest BCUT2D eigenvalue weighted by molar-refractivity contribution is -0.682. The Morgan fingerprint density at radius 1 is 1.21 bits per heavy atom. The van der Waals surface area contributed by atoms with Crippen molar-refractivity contribution in [3.8, 4) is 11.5 Å². The number of methoxy groups -OCH3 is 1. The summed E-state index contributed by atoms with van der Waals surface area (Å²) in [7, 11) is 1.62. The molecule has 150 valence electrons. The Balaban J connectivity index is 0.00000205. The van der Waals surface area contributed by atoms with E-state index in [0.717, 1.165) is 37.4 Å². The second-order valence-electron chi connectivity index (χ2n) is 7.50. The highest BCUT2D eigenvalue weighted by molar-refractivity contribution is 5.95. The molecule has 5 nitrogen and oxygen atoms in total. The van der Waals surface area contributed by atoms with Crippen molar-refractivity contribution in [3.05, 3.63) is 77.4 Å². The molecule has 1 aliphatic heterocycles. The molecule has 1 atom stereocenters. The normalized spacial score (nSPS) is 16.5. The van der Waals surface area contributed by atoms with Crippen LogP contribution in [-0.4, -0.2) is 24.1 Å². The van der Waals surface area contributed by atoms with Crippen LogP contribution < -0.4 is 31.0 Å². The zero-order valence-corrected chi connectivity index (χ0v) is 17.9. The van der Waals surface area contributed by atoms with Crippen LogP contribution in [0.15, 0.2) is 55.1 Å². The molecule has 1 aliphatic carbocycles. The van der Waals surface area contributed by atoms with E-state index in [1.54, 1.807) is 7.11 Å². The predicted octanol–water partition coefficient (Wildman–Crippen LogP) is 0.142. The molecule has 2 aliphatic rings. The molecule has 0 amide bonds. The third-order valence-corrected chi connectivity index (χ3v) is 5.81.